The van der Waals surface area contributed by atoms with E-state index in [0.29, 0.717) is 5.02 Å². The van der Waals surface area contributed by atoms with Crippen LogP contribution < -0.4 is 0 Å². The number of aromatic hydroxyl groups is 1. The molecule has 0 amide bonds. The second-order valence-corrected chi connectivity index (χ2v) is 6.16. The van der Waals surface area contributed by atoms with E-state index in [0.717, 1.165) is 38.6 Å². The van der Waals surface area contributed by atoms with Crippen molar-refractivity contribution in [2.45, 2.75) is 20.4 Å². The molecule has 2 rings (SSSR count). The average Bonchev–Trinajstić information content (AvgIpc) is 2.36. The van der Waals surface area contributed by atoms with Crippen molar-refractivity contribution in [1.82, 2.24) is 9.80 Å². The molecule has 1 aromatic rings. The Hall–Kier alpha value is -0.770. The van der Waals surface area contributed by atoms with Crippen LogP contribution >= 0.6 is 11.6 Å². The summed E-state index contributed by atoms with van der Waals surface area (Å²) in [6.45, 7) is 11.1. The van der Waals surface area contributed by atoms with Gasteiger partial charge in [0.05, 0.1) is 5.02 Å². The van der Waals surface area contributed by atoms with Crippen LogP contribution in [0.25, 0.3) is 0 Å². The minimum Gasteiger partial charge on any atom is -0.506 e. The Balaban J connectivity index is 1.83. The standard InChI is InChI=1S/C15H23ClN2O/c1-12(2)10-17-5-7-18(8-6-17)11-13-3-4-15(19)14(16)9-13/h3-4,9,12,19H,5-8,10-11H2,1-2H3. The second kappa shape index (κ2) is 6.60. The maximum Gasteiger partial charge on any atom is 0.134 e. The summed E-state index contributed by atoms with van der Waals surface area (Å²) in [4.78, 5) is 4.98. The summed E-state index contributed by atoms with van der Waals surface area (Å²) in [5.74, 6) is 0.898. The minimum absolute atomic E-state index is 0.159. The van der Waals surface area contributed by atoms with Crippen LogP contribution in [0.15, 0.2) is 18.2 Å². The predicted molar refractivity (Wildman–Crippen MR) is 79.7 cm³/mol. The van der Waals surface area contributed by atoms with E-state index in [1.54, 1.807) is 6.07 Å². The molecule has 4 heteroatoms. The van der Waals surface area contributed by atoms with Crippen molar-refractivity contribution < 1.29 is 5.11 Å². The molecule has 1 saturated heterocycles. The van der Waals surface area contributed by atoms with E-state index in [1.165, 1.54) is 12.1 Å². The van der Waals surface area contributed by atoms with E-state index in [9.17, 15) is 5.11 Å². The normalized spacial score (nSPS) is 18.1. The van der Waals surface area contributed by atoms with Crippen molar-refractivity contribution in [3.8, 4) is 5.75 Å². The first kappa shape index (κ1) is 14.6. The van der Waals surface area contributed by atoms with E-state index >= 15 is 0 Å². The largest absolute Gasteiger partial charge is 0.506 e. The highest BCUT2D eigenvalue weighted by molar-refractivity contribution is 6.32. The fourth-order valence-electron chi connectivity index (χ4n) is 2.55. The summed E-state index contributed by atoms with van der Waals surface area (Å²) in [5, 5.41) is 9.86. The summed E-state index contributed by atoms with van der Waals surface area (Å²) >= 11 is 5.94. The maximum atomic E-state index is 9.42. The van der Waals surface area contributed by atoms with Gasteiger partial charge < -0.3 is 10.0 Å². The molecule has 1 aromatic carbocycles. The van der Waals surface area contributed by atoms with Gasteiger partial charge in [0.25, 0.3) is 0 Å². The van der Waals surface area contributed by atoms with Gasteiger partial charge in [-0.2, -0.15) is 0 Å². The van der Waals surface area contributed by atoms with Gasteiger partial charge in [0.2, 0.25) is 0 Å². The van der Waals surface area contributed by atoms with Crippen LogP contribution in [-0.2, 0) is 6.54 Å². The van der Waals surface area contributed by atoms with Crippen LogP contribution in [0.1, 0.15) is 19.4 Å². The number of benzene rings is 1. The van der Waals surface area contributed by atoms with E-state index in [-0.39, 0.29) is 5.75 Å². The molecule has 3 nitrogen and oxygen atoms in total. The Morgan fingerprint density at radius 2 is 1.79 bits per heavy atom. The summed E-state index contributed by atoms with van der Waals surface area (Å²) in [6.07, 6.45) is 0. The number of phenols is 1. The number of halogens is 1. The van der Waals surface area contributed by atoms with Crippen LogP contribution in [0.4, 0.5) is 0 Å². The molecule has 1 fully saturated rings. The molecule has 0 saturated carbocycles. The summed E-state index contributed by atoms with van der Waals surface area (Å²) in [7, 11) is 0. The van der Waals surface area contributed by atoms with Crippen molar-refractivity contribution in [2.24, 2.45) is 5.92 Å². The molecule has 0 radical (unpaired) electrons. The Labute approximate surface area is 120 Å². The van der Waals surface area contributed by atoms with E-state index in [4.69, 9.17) is 11.6 Å². The molecule has 0 spiro atoms. The number of piperazine rings is 1. The first-order valence-electron chi connectivity index (χ1n) is 6.96. The lowest BCUT2D eigenvalue weighted by molar-refractivity contribution is 0.117. The van der Waals surface area contributed by atoms with Gasteiger partial charge in [-0.3, -0.25) is 4.90 Å². The van der Waals surface area contributed by atoms with Gasteiger partial charge in [-0.05, 0) is 23.6 Å². The van der Waals surface area contributed by atoms with Crippen LogP contribution in [-0.4, -0.2) is 47.6 Å². The van der Waals surface area contributed by atoms with Crippen LogP contribution in [0.5, 0.6) is 5.75 Å². The predicted octanol–water partition coefficient (Wildman–Crippen LogP) is 2.82. The van der Waals surface area contributed by atoms with Gasteiger partial charge in [-0.25, -0.2) is 0 Å². The molecular formula is C15H23ClN2O. The van der Waals surface area contributed by atoms with Gasteiger partial charge >= 0.3 is 0 Å². The molecule has 1 N–H and O–H groups in total. The molecule has 0 bridgehead atoms. The van der Waals surface area contributed by atoms with Gasteiger partial charge in [0.15, 0.2) is 0 Å². The van der Waals surface area contributed by atoms with Crippen molar-refractivity contribution in [2.75, 3.05) is 32.7 Å². The fourth-order valence-corrected chi connectivity index (χ4v) is 2.76. The zero-order valence-corrected chi connectivity index (χ0v) is 12.5. The summed E-state index contributed by atoms with van der Waals surface area (Å²) in [6, 6.07) is 5.48. The number of nitrogens with zero attached hydrogens (tertiary/aromatic N) is 2. The molecule has 0 aromatic heterocycles. The Morgan fingerprint density at radius 3 is 2.37 bits per heavy atom. The number of phenolic OH excluding ortho intramolecular Hbond substituents is 1. The van der Waals surface area contributed by atoms with E-state index in [2.05, 4.69) is 23.6 Å². The number of hydrogen-bond donors (Lipinski definition) is 1. The molecule has 0 atom stereocenters. The highest BCUT2D eigenvalue weighted by Gasteiger charge is 2.17. The lowest BCUT2D eigenvalue weighted by atomic mass is 10.1. The molecule has 0 aliphatic carbocycles. The zero-order chi connectivity index (χ0) is 13.8. The lowest BCUT2D eigenvalue weighted by Crippen LogP contribution is -2.46. The van der Waals surface area contributed by atoms with Crippen molar-refractivity contribution >= 4 is 11.6 Å². The highest BCUT2D eigenvalue weighted by atomic mass is 35.5. The molecular weight excluding hydrogens is 260 g/mol. The third-order valence-electron chi connectivity index (χ3n) is 3.51. The Morgan fingerprint density at radius 1 is 1.16 bits per heavy atom. The number of rotatable bonds is 4. The molecule has 1 aliphatic heterocycles. The van der Waals surface area contributed by atoms with Crippen molar-refractivity contribution in [1.29, 1.82) is 0 Å². The molecule has 1 heterocycles. The van der Waals surface area contributed by atoms with Gasteiger partial charge in [-0.15, -0.1) is 0 Å². The smallest absolute Gasteiger partial charge is 0.134 e. The third-order valence-corrected chi connectivity index (χ3v) is 3.81. The van der Waals surface area contributed by atoms with Crippen molar-refractivity contribution in [3.05, 3.63) is 28.8 Å². The first-order valence-corrected chi connectivity index (χ1v) is 7.34. The van der Waals surface area contributed by atoms with E-state index < -0.39 is 0 Å². The maximum absolute atomic E-state index is 9.42. The SMILES string of the molecule is CC(C)CN1CCN(Cc2ccc(O)c(Cl)c2)CC1. The fraction of sp³-hybridized carbons (Fsp3) is 0.600. The highest BCUT2D eigenvalue weighted by Crippen LogP contribution is 2.24. The first-order chi connectivity index (χ1) is 9.04. The second-order valence-electron chi connectivity index (χ2n) is 5.76. The average molecular weight is 283 g/mol. The molecule has 0 unspecified atom stereocenters. The molecule has 19 heavy (non-hydrogen) atoms. The molecule has 106 valence electrons. The number of hydrogen-bond acceptors (Lipinski definition) is 3. The van der Waals surface area contributed by atoms with Gasteiger partial charge in [0.1, 0.15) is 5.75 Å². The Kier molecular flexibility index (Phi) is 5.08. The minimum atomic E-state index is 0.159. The molecule has 1 aliphatic rings. The van der Waals surface area contributed by atoms with Gasteiger partial charge in [0, 0.05) is 39.3 Å². The van der Waals surface area contributed by atoms with Crippen LogP contribution in [0, 0.1) is 5.92 Å². The van der Waals surface area contributed by atoms with E-state index in [1.807, 2.05) is 12.1 Å². The van der Waals surface area contributed by atoms with Crippen LogP contribution in [0.3, 0.4) is 0 Å². The van der Waals surface area contributed by atoms with Crippen LogP contribution in [0.2, 0.25) is 5.02 Å². The lowest BCUT2D eigenvalue weighted by Gasteiger charge is -2.35. The topological polar surface area (TPSA) is 26.7 Å². The third kappa shape index (κ3) is 4.37. The van der Waals surface area contributed by atoms with Crippen molar-refractivity contribution in [3.63, 3.8) is 0 Å². The quantitative estimate of drug-likeness (QED) is 0.920. The monoisotopic (exact) mass is 282 g/mol. The zero-order valence-electron chi connectivity index (χ0n) is 11.8. The summed E-state index contributed by atoms with van der Waals surface area (Å²) in [5.41, 5.74) is 1.17. The Bertz CT molecular complexity index is 415. The summed E-state index contributed by atoms with van der Waals surface area (Å²) < 4.78 is 0. The van der Waals surface area contributed by atoms with Gasteiger partial charge in [-0.1, -0.05) is 31.5 Å².